The van der Waals surface area contributed by atoms with Crippen LogP contribution in [0.25, 0.3) is 0 Å². The molecule has 0 aliphatic carbocycles. The van der Waals surface area contributed by atoms with E-state index in [0.29, 0.717) is 12.8 Å². The number of carboxylic acids is 1. The summed E-state index contributed by atoms with van der Waals surface area (Å²) in [5, 5.41) is 11.6. The highest BCUT2D eigenvalue weighted by Crippen LogP contribution is 2.14. The van der Waals surface area contributed by atoms with Crippen LogP contribution in [-0.4, -0.2) is 75.5 Å². The van der Waals surface area contributed by atoms with E-state index in [-0.39, 0.29) is 49.1 Å². The predicted molar refractivity (Wildman–Crippen MR) is 249 cm³/mol. The molecule has 0 fully saturated rings. The third kappa shape index (κ3) is 40.2. The van der Waals surface area contributed by atoms with Crippen LogP contribution in [0.5, 0.6) is 0 Å². The molecule has 0 heterocycles. The Kier molecular flexibility index (Phi) is 40.2. The highest BCUT2D eigenvalue weighted by Gasteiger charge is 2.25. The third-order valence-electron chi connectivity index (χ3n) is 10.3. The van der Waals surface area contributed by atoms with Crippen LogP contribution in [0.4, 0.5) is 0 Å². The van der Waals surface area contributed by atoms with Crippen molar-refractivity contribution < 1.29 is 38.2 Å². The maximum Gasteiger partial charge on any atom is 0.306 e. The number of quaternary nitrogens is 1. The minimum Gasteiger partial charge on any atom is -0.544 e. The van der Waals surface area contributed by atoms with Crippen LogP contribution in [0, 0.1) is 0 Å². The third-order valence-corrected chi connectivity index (χ3v) is 10.3. The van der Waals surface area contributed by atoms with E-state index in [1.165, 1.54) is 89.9 Å². The molecule has 0 amide bonds. The monoisotopic (exact) mass is 840 g/mol. The van der Waals surface area contributed by atoms with Crippen LogP contribution in [0.1, 0.15) is 187 Å². The lowest BCUT2D eigenvalue weighted by molar-refractivity contribution is -0.889. The molecule has 0 radical (unpaired) electrons. The molecule has 0 aromatic rings. The van der Waals surface area contributed by atoms with Gasteiger partial charge in [-0.3, -0.25) is 9.59 Å². The van der Waals surface area contributed by atoms with Gasteiger partial charge in [0, 0.05) is 19.3 Å². The summed E-state index contributed by atoms with van der Waals surface area (Å²) in [7, 11) is 5.39. The highest BCUT2D eigenvalue weighted by atomic mass is 16.6. The Hall–Kier alpha value is -3.23. The molecule has 8 heteroatoms. The van der Waals surface area contributed by atoms with Gasteiger partial charge in [0.1, 0.15) is 12.6 Å². The molecule has 0 bridgehead atoms. The molecule has 0 spiro atoms. The zero-order valence-electron chi connectivity index (χ0n) is 39.1. The van der Waals surface area contributed by atoms with Crippen LogP contribution in [-0.2, 0) is 28.6 Å². The molecule has 0 saturated carbocycles. The van der Waals surface area contributed by atoms with Gasteiger partial charge in [-0.1, -0.05) is 164 Å². The summed E-state index contributed by atoms with van der Waals surface area (Å²) in [5.74, 6) is -1.82. The van der Waals surface area contributed by atoms with Gasteiger partial charge in [-0.25, -0.2) is 0 Å². The molecule has 2 atom stereocenters. The van der Waals surface area contributed by atoms with Gasteiger partial charge >= 0.3 is 11.9 Å². The van der Waals surface area contributed by atoms with Crippen LogP contribution in [0.15, 0.2) is 72.9 Å². The number of hydrogen-bond donors (Lipinski definition) is 0. The summed E-state index contributed by atoms with van der Waals surface area (Å²) in [6.07, 6.45) is 53.6. The maximum absolute atomic E-state index is 12.8. The number of unbranched alkanes of at least 4 members (excludes halogenated alkanes) is 16. The molecule has 8 nitrogen and oxygen atoms in total. The molecule has 60 heavy (non-hydrogen) atoms. The Balaban J connectivity index is 4.39. The molecule has 2 unspecified atom stereocenters. The lowest BCUT2D eigenvalue weighted by Crippen LogP contribution is -2.55. The molecule has 0 aromatic carbocycles. The van der Waals surface area contributed by atoms with E-state index in [0.717, 1.165) is 57.8 Å². The normalized spacial score (nSPS) is 13.6. The number of carbonyl (C=O) groups is 3. The second kappa shape index (κ2) is 42.5. The Bertz CT molecular complexity index is 1210. The Morgan fingerprint density at radius 1 is 0.517 bits per heavy atom. The first-order valence-electron chi connectivity index (χ1n) is 24.0. The Labute approximate surface area is 368 Å². The van der Waals surface area contributed by atoms with E-state index in [1.807, 2.05) is 0 Å². The van der Waals surface area contributed by atoms with Gasteiger partial charge in [-0.15, -0.1) is 0 Å². The zero-order chi connectivity index (χ0) is 44.2. The number of hydrogen-bond acceptors (Lipinski definition) is 7. The zero-order valence-corrected chi connectivity index (χ0v) is 39.1. The lowest BCUT2D eigenvalue weighted by atomic mass is 10.1. The maximum atomic E-state index is 12.8. The summed E-state index contributed by atoms with van der Waals surface area (Å²) in [6, 6.07) is -0.738. The van der Waals surface area contributed by atoms with E-state index in [1.54, 1.807) is 21.1 Å². The van der Waals surface area contributed by atoms with Gasteiger partial charge in [-0.05, 0) is 77.0 Å². The first-order valence-corrected chi connectivity index (χ1v) is 24.0. The Morgan fingerprint density at radius 3 is 1.45 bits per heavy atom. The topological polar surface area (TPSA) is 102 Å². The number of aliphatic carboxylic acids is 1. The first kappa shape index (κ1) is 56.8. The lowest BCUT2D eigenvalue weighted by Gasteiger charge is -2.34. The van der Waals surface area contributed by atoms with E-state index < -0.39 is 18.1 Å². The van der Waals surface area contributed by atoms with Crippen molar-refractivity contribution in [3.63, 3.8) is 0 Å². The van der Waals surface area contributed by atoms with E-state index in [9.17, 15) is 19.5 Å². The highest BCUT2D eigenvalue weighted by molar-refractivity contribution is 5.70. The number of allylic oxidation sites excluding steroid dienone is 12. The van der Waals surface area contributed by atoms with Gasteiger partial charge in [-0.2, -0.15) is 0 Å². The first-order chi connectivity index (χ1) is 29.1. The quantitative estimate of drug-likeness (QED) is 0.0261. The van der Waals surface area contributed by atoms with Crippen LogP contribution >= 0.6 is 0 Å². The van der Waals surface area contributed by atoms with Crippen molar-refractivity contribution in [1.29, 1.82) is 0 Å². The summed E-state index contributed by atoms with van der Waals surface area (Å²) >= 11 is 0. The van der Waals surface area contributed by atoms with Crippen molar-refractivity contribution in [3.8, 4) is 0 Å². The number of carboxylic acid groups (broad SMARTS) is 1. The number of likely N-dealkylation sites (N-methyl/N-ethyl adjacent to an activating group) is 1. The molecule has 344 valence electrons. The van der Waals surface area contributed by atoms with Crippen molar-refractivity contribution in [2.45, 2.75) is 199 Å². The fourth-order valence-electron chi connectivity index (χ4n) is 6.63. The second-order valence-electron chi connectivity index (χ2n) is 17.0. The fourth-order valence-corrected chi connectivity index (χ4v) is 6.63. The van der Waals surface area contributed by atoms with Crippen LogP contribution in [0.2, 0.25) is 0 Å². The van der Waals surface area contributed by atoms with Crippen molar-refractivity contribution in [1.82, 2.24) is 0 Å². The number of nitrogens with zero attached hydrogens (tertiary/aromatic N) is 1. The van der Waals surface area contributed by atoms with Crippen molar-refractivity contribution in [2.24, 2.45) is 0 Å². The number of ether oxygens (including phenoxy) is 3. The molecular weight excluding hydrogens is 751 g/mol. The SMILES string of the molecule is CC/C=C/C/C=C/C/C=C/C/C=C/C/C=C/CCCC(=O)OCC(COCCC(C(=O)[O-])[N+](C)(C)C)OC(=O)CCCCCCCCC/C=C/CCCCCCCCCC. The van der Waals surface area contributed by atoms with Gasteiger partial charge in [0.15, 0.2) is 6.10 Å². The standard InChI is InChI=1S/C52H89NO7/c1-6-8-10-12-14-16-18-20-22-24-25-27-29-31-33-35-37-39-41-43-51(55)60-48(46-58-45-44-49(52(56)57)53(3,4)5)47-59-50(54)42-40-38-36-34-32-30-28-26-23-21-19-17-15-13-11-9-7-2/h9,11,15,17,21,23-25,28,30,34,36,48-49H,6-8,10,12-14,16,18-20,22,26-27,29,31-33,35,37-47H2,1-5H3/b11-9+,17-15+,23-21+,25-24+,30-28+,36-34+. The Morgan fingerprint density at radius 2 is 0.950 bits per heavy atom. The summed E-state index contributed by atoms with van der Waals surface area (Å²) in [5.41, 5.74) is 0. The van der Waals surface area contributed by atoms with E-state index in [4.69, 9.17) is 14.2 Å². The van der Waals surface area contributed by atoms with Crippen molar-refractivity contribution >= 4 is 17.9 Å². The van der Waals surface area contributed by atoms with Crippen molar-refractivity contribution in [2.75, 3.05) is 41.0 Å². The largest absolute Gasteiger partial charge is 0.544 e. The molecular formula is C52H89NO7. The second-order valence-corrected chi connectivity index (χ2v) is 17.0. The van der Waals surface area contributed by atoms with Gasteiger partial charge < -0.3 is 28.6 Å². The van der Waals surface area contributed by atoms with Crippen LogP contribution < -0.4 is 5.11 Å². The molecule has 0 aliphatic heterocycles. The average Bonchev–Trinajstić information content (AvgIpc) is 3.21. The smallest absolute Gasteiger partial charge is 0.306 e. The molecule has 0 rings (SSSR count). The molecule has 0 aliphatic rings. The number of esters is 2. The van der Waals surface area contributed by atoms with Crippen LogP contribution in [0.3, 0.4) is 0 Å². The molecule has 0 N–H and O–H groups in total. The molecule has 0 aromatic heterocycles. The number of carbonyl (C=O) groups excluding carboxylic acids is 3. The van der Waals surface area contributed by atoms with Gasteiger partial charge in [0.05, 0.1) is 40.3 Å². The van der Waals surface area contributed by atoms with E-state index in [2.05, 4.69) is 86.8 Å². The molecule has 0 saturated heterocycles. The summed E-state index contributed by atoms with van der Waals surface area (Å²) < 4.78 is 17.1. The average molecular weight is 840 g/mol. The summed E-state index contributed by atoms with van der Waals surface area (Å²) in [6.45, 7) is 4.48. The van der Waals surface area contributed by atoms with Gasteiger partial charge in [0.25, 0.3) is 0 Å². The number of rotatable bonds is 42. The van der Waals surface area contributed by atoms with Gasteiger partial charge in [0.2, 0.25) is 0 Å². The van der Waals surface area contributed by atoms with E-state index >= 15 is 0 Å². The fraction of sp³-hybridized carbons (Fsp3) is 0.712. The van der Waals surface area contributed by atoms with Crippen molar-refractivity contribution in [3.05, 3.63) is 72.9 Å². The summed E-state index contributed by atoms with van der Waals surface area (Å²) in [4.78, 5) is 36.9. The minimum atomic E-state index is -1.13. The predicted octanol–water partition coefficient (Wildman–Crippen LogP) is 12.2. The minimum absolute atomic E-state index is 0.0182.